The summed E-state index contributed by atoms with van der Waals surface area (Å²) in [5.41, 5.74) is -0.850. The van der Waals surface area contributed by atoms with E-state index in [1.807, 2.05) is 0 Å². The number of aliphatic carboxylic acids is 1. The fourth-order valence-electron chi connectivity index (χ4n) is 1.75. The van der Waals surface area contributed by atoms with E-state index in [0.29, 0.717) is 5.56 Å². The monoisotopic (exact) mass is 245 g/mol. The molecule has 0 aliphatic heterocycles. The SMILES string of the molecule is CC(C(=O)[O-])(c1cccnc1)c1cncc(F)c1. The Balaban J connectivity index is 2.62. The molecule has 1 atom stereocenters. The normalized spacial score (nSPS) is 13.9. The average Bonchev–Trinajstić information content (AvgIpc) is 2.38. The fraction of sp³-hybridized carbons (Fsp3) is 0.154. The van der Waals surface area contributed by atoms with E-state index in [4.69, 9.17) is 0 Å². The lowest BCUT2D eigenvalue weighted by Gasteiger charge is -2.31. The van der Waals surface area contributed by atoms with Crippen molar-refractivity contribution in [1.82, 2.24) is 9.97 Å². The number of carboxylic acid groups (broad SMARTS) is 1. The second kappa shape index (κ2) is 4.52. The van der Waals surface area contributed by atoms with Gasteiger partial charge >= 0.3 is 0 Å². The maximum Gasteiger partial charge on any atom is 0.141 e. The van der Waals surface area contributed by atoms with Crippen LogP contribution in [-0.4, -0.2) is 15.9 Å². The van der Waals surface area contributed by atoms with Crippen LogP contribution in [0, 0.1) is 5.82 Å². The van der Waals surface area contributed by atoms with E-state index in [9.17, 15) is 14.3 Å². The van der Waals surface area contributed by atoms with Gasteiger partial charge in [-0.05, 0) is 30.2 Å². The number of rotatable bonds is 3. The van der Waals surface area contributed by atoms with Gasteiger partial charge in [-0.2, -0.15) is 0 Å². The standard InChI is InChI=1S/C13H11FN2O2/c1-13(12(17)18,9-3-2-4-15-6-9)10-5-11(14)8-16-7-10/h2-8H,1H3,(H,17,18)/p-1. The molecule has 0 amide bonds. The Labute approximate surface area is 103 Å². The number of hydrogen-bond donors (Lipinski definition) is 0. The van der Waals surface area contributed by atoms with Gasteiger partial charge in [0.25, 0.3) is 0 Å². The zero-order valence-electron chi connectivity index (χ0n) is 9.63. The first-order chi connectivity index (χ1) is 8.55. The van der Waals surface area contributed by atoms with Gasteiger partial charge in [0.15, 0.2) is 0 Å². The highest BCUT2D eigenvalue weighted by atomic mass is 19.1. The Bertz CT molecular complexity index is 574. The zero-order chi connectivity index (χ0) is 13.2. The molecule has 2 rings (SSSR count). The molecule has 1 unspecified atom stereocenters. The molecule has 5 heteroatoms. The number of carboxylic acids is 1. The summed E-state index contributed by atoms with van der Waals surface area (Å²) in [6.07, 6.45) is 5.28. The minimum atomic E-state index is -1.48. The number of halogens is 1. The largest absolute Gasteiger partial charge is 0.549 e. The van der Waals surface area contributed by atoms with Crippen LogP contribution in [0.25, 0.3) is 0 Å². The van der Waals surface area contributed by atoms with E-state index in [1.165, 1.54) is 25.5 Å². The molecule has 0 fully saturated rings. The molecule has 0 saturated heterocycles. The Hall–Kier alpha value is -2.30. The average molecular weight is 245 g/mol. The van der Waals surface area contributed by atoms with E-state index in [-0.39, 0.29) is 5.56 Å². The fourth-order valence-corrected chi connectivity index (χ4v) is 1.75. The molecule has 4 nitrogen and oxygen atoms in total. The highest BCUT2D eigenvalue weighted by Gasteiger charge is 2.31. The van der Waals surface area contributed by atoms with Gasteiger partial charge in [-0.3, -0.25) is 9.97 Å². The topological polar surface area (TPSA) is 65.9 Å². The van der Waals surface area contributed by atoms with Gasteiger partial charge in [-0.15, -0.1) is 0 Å². The predicted molar refractivity (Wildman–Crippen MR) is 59.9 cm³/mol. The Morgan fingerprint density at radius 2 is 2.00 bits per heavy atom. The van der Waals surface area contributed by atoms with Crippen molar-refractivity contribution in [2.75, 3.05) is 0 Å². The quantitative estimate of drug-likeness (QED) is 0.797. The zero-order valence-corrected chi connectivity index (χ0v) is 9.63. The Morgan fingerprint density at radius 1 is 1.28 bits per heavy atom. The van der Waals surface area contributed by atoms with Gasteiger partial charge in [0, 0.05) is 18.6 Å². The van der Waals surface area contributed by atoms with E-state index >= 15 is 0 Å². The smallest absolute Gasteiger partial charge is 0.141 e. The van der Waals surface area contributed by atoms with E-state index < -0.39 is 17.2 Å². The highest BCUT2D eigenvalue weighted by molar-refractivity contribution is 5.83. The second-order valence-electron chi connectivity index (χ2n) is 4.05. The lowest BCUT2D eigenvalue weighted by Crippen LogP contribution is -2.44. The number of hydrogen-bond acceptors (Lipinski definition) is 4. The Kier molecular flexibility index (Phi) is 3.06. The van der Waals surface area contributed by atoms with Crippen LogP contribution in [0.5, 0.6) is 0 Å². The molecule has 2 heterocycles. The maximum atomic E-state index is 13.2. The van der Waals surface area contributed by atoms with Crippen molar-refractivity contribution in [2.45, 2.75) is 12.3 Å². The number of nitrogens with zero attached hydrogens (tertiary/aromatic N) is 2. The van der Waals surface area contributed by atoms with Crippen molar-refractivity contribution >= 4 is 5.97 Å². The van der Waals surface area contributed by atoms with Crippen LogP contribution in [0.2, 0.25) is 0 Å². The minimum absolute atomic E-state index is 0.218. The summed E-state index contributed by atoms with van der Waals surface area (Å²) in [5, 5.41) is 11.4. The summed E-state index contributed by atoms with van der Waals surface area (Å²) in [7, 11) is 0. The number of carbonyl (C=O) groups excluding carboxylic acids is 1. The van der Waals surface area contributed by atoms with Gasteiger partial charge in [0.2, 0.25) is 0 Å². The molecule has 2 aromatic heterocycles. The van der Waals surface area contributed by atoms with Gasteiger partial charge in [-0.25, -0.2) is 4.39 Å². The summed E-state index contributed by atoms with van der Waals surface area (Å²) in [5.74, 6) is -1.92. The van der Waals surface area contributed by atoms with Gasteiger partial charge in [-0.1, -0.05) is 6.07 Å². The third kappa shape index (κ3) is 1.95. The molecule has 0 aliphatic rings. The van der Waals surface area contributed by atoms with Crippen molar-refractivity contribution in [2.24, 2.45) is 0 Å². The lowest BCUT2D eigenvalue weighted by atomic mass is 9.77. The van der Waals surface area contributed by atoms with E-state index in [1.54, 1.807) is 12.1 Å². The van der Waals surface area contributed by atoms with E-state index in [0.717, 1.165) is 12.3 Å². The van der Waals surface area contributed by atoms with Crippen molar-refractivity contribution < 1.29 is 14.3 Å². The van der Waals surface area contributed by atoms with Crippen LogP contribution in [-0.2, 0) is 10.2 Å². The molecule has 0 bridgehead atoms. The van der Waals surface area contributed by atoms with Crippen LogP contribution >= 0.6 is 0 Å². The first-order valence-corrected chi connectivity index (χ1v) is 5.28. The molecule has 0 radical (unpaired) electrons. The van der Waals surface area contributed by atoms with Crippen molar-refractivity contribution in [3.05, 3.63) is 59.9 Å². The van der Waals surface area contributed by atoms with Gasteiger partial charge in [0.05, 0.1) is 17.6 Å². The maximum absolute atomic E-state index is 13.2. The second-order valence-corrected chi connectivity index (χ2v) is 4.05. The van der Waals surface area contributed by atoms with Crippen LogP contribution in [0.1, 0.15) is 18.1 Å². The van der Waals surface area contributed by atoms with Crippen LogP contribution < -0.4 is 5.11 Å². The van der Waals surface area contributed by atoms with Crippen molar-refractivity contribution in [3.63, 3.8) is 0 Å². The Morgan fingerprint density at radius 3 is 2.56 bits per heavy atom. The molecule has 18 heavy (non-hydrogen) atoms. The van der Waals surface area contributed by atoms with Crippen molar-refractivity contribution in [1.29, 1.82) is 0 Å². The molecule has 0 aliphatic carbocycles. The summed E-state index contributed by atoms with van der Waals surface area (Å²) in [6, 6.07) is 4.35. The minimum Gasteiger partial charge on any atom is -0.549 e. The molecule has 0 saturated carbocycles. The molecule has 92 valence electrons. The van der Waals surface area contributed by atoms with Gasteiger partial charge in [0.1, 0.15) is 5.82 Å². The summed E-state index contributed by atoms with van der Waals surface area (Å²) >= 11 is 0. The van der Waals surface area contributed by atoms with E-state index in [2.05, 4.69) is 9.97 Å². The third-order valence-electron chi connectivity index (χ3n) is 2.93. The number of aromatic nitrogens is 2. The predicted octanol–water partition coefficient (Wildman–Crippen LogP) is 0.672. The third-order valence-corrected chi connectivity index (χ3v) is 2.93. The first-order valence-electron chi connectivity index (χ1n) is 5.28. The van der Waals surface area contributed by atoms with Crippen molar-refractivity contribution in [3.8, 4) is 0 Å². The molecule has 0 N–H and O–H groups in total. The molecular formula is C13H10FN2O2-. The van der Waals surface area contributed by atoms with Crippen LogP contribution in [0.4, 0.5) is 4.39 Å². The lowest BCUT2D eigenvalue weighted by molar-refractivity contribution is -0.311. The summed E-state index contributed by atoms with van der Waals surface area (Å²) in [6.45, 7) is 1.44. The molecule has 0 spiro atoms. The van der Waals surface area contributed by atoms with Gasteiger partial charge < -0.3 is 9.90 Å². The summed E-state index contributed by atoms with van der Waals surface area (Å²) in [4.78, 5) is 19.0. The molecule has 0 aromatic carbocycles. The highest BCUT2D eigenvalue weighted by Crippen LogP contribution is 2.30. The van der Waals surface area contributed by atoms with Crippen LogP contribution in [0.15, 0.2) is 43.0 Å². The number of carbonyl (C=O) groups is 1. The molecule has 2 aromatic rings. The number of pyridine rings is 2. The van der Waals surface area contributed by atoms with Crippen LogP contribution in [0.3, 0.4) is 0 Å². The molecular weight excluding hydrogens is 235 g/mol. The summed E-state index contributed by atoms with van der Waals surface area (Å²) < 4.78 is 13.2. The first kappa shape index (κ1) is 12.2.